The molecule has 1 fully saturated rings. The lowest BCUT2D eigenvalue weighted by Crippen LogP contribution is -2.44. The largest absolute Gasteiger partial charge is 0.461 e. The molecule has 0 unspecified atom stereocenters. The van der Waals surface area contributed by atoms with Gasteiger partial charge in [-0.25, -0.2) is 4.99 Å². The van der Waals surface area contributed by atoms with Gasteiger partial charge in [0.25, 0.3) is 0 Å². The number of nitrogens with one attached hydrogen (secondary N) is 3. The summed E-state index contributed by atoms with van der Waals surface area (Å²) in [5.41, 5.74) is 3.82. The van der Waals surface area contributed by atoms with Crippen molar-refractivity contribution in [1.82, 2.24) is 15.5 Å². The van der Waals surface area contributed by atoms with Crippen LogP contribution in [0, 0.1) is 25.3 Å². The van der Waals surface area contributed by atoms with Gasteiger partial charge in [-0.05, 0) is 69.4 Å². The molecule has 9 nitrogen and oxygen atoms in total. The predicted molar refractivity (Wildman–Crippen MR) is 143 cm³/mol. The Morgan fingerprint density at radius 3 is 2.76 bits per heavy atom. The number of likely N-dealkylation sites (tertiary alicyclic amines) is 1. The molecule has 0 radical (unpaired) electrons. The summed E-state index contributed by atoms with van der Waals surface area (Å²) in [5.74, 6) is 0.581. The Labute approximate surface area is 216 Å². The highest BCUT2D eigenvalue weighted by Crippen LogP contribution is 2.23. The smallest absolute Gasteiger partial charge is 0.247 e. The summed E-state index contributed by atoms with van der Waals surface area (Å²) >= 11 is 0. The maximum absolute atomic E-state index is 13.3. The number of hydrogen-bond donors (Lipinski definition) is 3. The van der Waals surface area contributed by atoms with Crippen molar-refractivity contribution in [3.63, 3.8) is 0 Å². The van der Waals surface area contributed by atoms with Gasteiger partial charge >= 0.3 is 0 Å². The molecule has 3 aromatic rings. The molecule has 1 atom stereocenters. The lowest BCUT2D eigenvalue weighted by atomic mass is 10.1. The van der Waals surface area contributed by atoms with Crippen molar-refractivity contribution in [2.45, 2.75) is 45.6 Å². The van der Waals surface area contributed by atoms with Crippen LogP contribution < -0.4 is 16.0 Å². The number of aliphatic imine (C=N–C) groups is 1. The third kappa shape index (κ3) is 7.10. The van der Waals surface area contributed by atoms with E-state index in [1.54, 1.807) is 4.90 Å². The first-order chi connectivity index (χ1) is 17.9. The van der Waals surface area contributed by atoms with Crippen LogP contribution in [0.5, 0.6) is 0 Å². The molecule has 4 rings (SSSR count). The van der Waals surface area contributed by atoms with Crippen LogP contribution in [-0.2, 0) is 16.0 Å². The van der Waals surface area contributed by atoms with Crippen LogP contribution in [0.2, 0.25) is 0 Å². The molecule has 1 saturated heterocycles. The van der Waals surface area contributed by atoms with Crippen molar-refractivity contribution in [2.75, 3.05) is 25.0 Å². The summed E-state index contributed by atoms with van der Waals surface area (Å²) in [5, 5.41) is 18.7. The molecule has 2 heterocycles. The molecule has 1 aliphatic heterocycles. The SMILES string of the molecule is Cc1ccc(CCNC(=O)CN2CCCC[C@H](N=C(NC#N)Nc3ccc4oc(C)cc4c3)C2=O)cc1. The number of rotatable bonds is 7. The highest BCUT2D eigenvalue weighted by Gasteiger charge is 2.28. The van der Waals surface area contributed by atoms with Gasteiger partial charge in [-0.2, -0.15) is 5.26 Å². The van der Waals surface area contributed by atoms with Crippen molar-refractivity contribution in [3.05, 3.63) is 65.4 Å². The standard InChI is InChI=1S/C28H32N6O3/c1-19-6-8-21(9-7-19)12-13-30-26(35)17-34-14-4-3-5-24(27(34)36)33-28(31-18-29)32-23-10-11-25-22(16-23)15-20(2)37-25/h6-11,15-16,24H,3-5,12-14,17H2,1-2H3,(H,30,35)(H2,31,32,33)/t24-/m0/s1. The number of nitrogens with zero attached hydrogens (tertiary/aromatic N) is 3. The van der Waals surface area contributed by atoms with Crippen molar-refractivity contribution >= 4 is 34.4 Å². The molecule has 192 valence electrons. The van der Waals surface area contributed by atoms with Crippen LogP contribution in [-0.4, -0.2) is 48.3 Å². The Morgan fingerprint density at radius 2 is 1.97 bits per heavy atom. The second-order valence-corrected chi connectivity index (χ2v) is 9.31. The molecule has 0 spiro atoms. The van der Waals surface area contributed by atoms with Crippen molar-refractivity contribution in [1.29, 1.82) is 5.26 Å². The van der Waals surface area contributed by atoms with Gasteiger partial charge < -0.3 is 20.0 Å². The molecule has 2 amide bonds. The molecule has 37 heavy (non-hydrogen) atoms. The third-order valence-corrected chi connectivity index (χ3v) is 6.30. The fourth-order valence-corrected chi connectivity index (χ4v) is 4.39. The van der Waals surface area contributed by atoms with E-state index < -0.39 is 6.04 Å². The summed E-state index contributed by atoms with van der Waals surface area (Å²) < 4.78 is 5.61. The molecule has 0 bridgehead atoms. The highest BCUT2D eigenvalue weighted by molar-refractivity contribution is 5.98. The van der Waals surface area contributed by atoms with Crippen LogP contribution >= 0.6 is 0 Å². The first kappa shape index (κ1) is 25.8. The zero-order chi connectivity index (χ0) is 26.2. The molecule has 3 N–H and O–H groups in total. The number of amides is 2. The fraction of sp³-hybridized carbons (Fsp3) is 0.357. The monoisotopic (exact) mass is 500 g/mol. The second-order valence-electron chi connectivity index (χ2n) is 9.31. The Kier molecular flexibility index (Phi) is 8.41. The summed E-state index contributed by atoms with van der Waals surface area (Å²) in [6, 6.07) is 15.0. The van der Waals surface area contributed by atoms with Crippen LogP contribution in [0.25, 0.3) is 11.0 Å². The number of carbonyl (C=O) groups excluding carboxylic acids is 2. The minimum Gasteiger partial charge on any atom is -0.461 e. The lowest BCUT2D eigenvalue weighted by molar-refractivity contribution is -0.136. The zero-order valence-corrected chi connectivity index (χ0v) is 21.2. The molecule has 9 heteroatoms. The quantitative estimate of drug-likeness (QED) is 0.197. The average Bonchev–Trinajstić information content (AvgIpc) is 3.16. The van der Waals surface area contributed by atoms with E-state index in [-0.39, 0.29) is 24.3 Å². The van der Waals surface area contributed by atoms with Crippen molar-refractivity contribution < 1.29 is 14.0 Å². The van der Waals surface area contributed by atoms with E-state index in [9.17, 15) is 14.9 Å². The number of aryl methyl sites for hydroxylation is 2. The first-order valence-corrected chi connectivity index (χ1v) is 12.5. The molecule has 1 aliphatic rings. The van der Waals surface area contributed by atoms with Crippen LogP contribution in [0.4, 0.5) is 5.69 Å². The summed E-state index contributed by atoms with van der Waals surface area (Å²) in [6.45, 7) is 4.92. The Balaban J connectivity index is 1.38. The maximum atomic E-state index is 13.3. The average molecular weight is 501 g/mol. The van der Waals surface area contributed by atoms with Gasteiger partial charge in [-0.3, -0.25) is 14.9 Å². The third-order valence-electron chi connectivity index (χ3n) is 6.30. The molecule has 0 aliphatic carbocycles. The number of fused-ring (bicyclic) bond motifs is 1. The van der Waals surface area contributed by atoms with Crippen LogP contribution in [0.3, 0.4) is 0 Å². The second kappa shape index (κ2) is 12.1. The molecular weight excluding hydrogens is 468 g/mol. The Hall–Kier alpha value is -4.32. The minimum absolute atomic E-state index is 0.0102. The number of hydrogen-bond acceptors (Lipinski definition) is 5. The van der Waals surface area contributed by atoms with Gasteiger partial charge in [0.15, 0.2) is 6.19 Å². The zero-order valence-electron chi connectivity index (χ0n) is 21.2. The van der Waals surface area contributed by atoms with Crippen molar-refractivity contribution in [3.8, 4) is 6.19 Å². The summed E-state index contributed by atoms with van der Waals surface area (Å²) in [4.78, 5) is 31.9. The first-order valence-electron chi connectivity index (χ1n) is 12.5. The van der Waals surface area contributed by atoms with E-state index in [4.69, 9.17) is 4.42 Å². The van der Waals surface area contributed by atoms with Gasteiger partial charge in [0, 0.05) is 24.2 Å². The maximum Gasteiger partial charge on any atom is 0.247 e. The highest BCUT2D eigenvalue weighted by atomic mass is 16.3. The van der Waals surface area contributed by atoms with Gasteiger partial charge in [0.05, 0.1) is 6.54 Å². The number of benzene rings is 2. The van der Waals surface area contributed by atoms with E-state index in [0.717, 1.165) is 41.6 Å². The predicted octanol–water partition coefficient (Wildman–Crippen LogP) is 3.63. The number of furan rings is 1. The van der Waals surface area contributed by atoms with E-state index in [1.807, 2.05) is 44.3 Å². The molecular formula is C28H32N6O3. The molecule has 1 aromatic heterocycles. The van der Waals surface area contributed by atoms with Crippen LogP contribution in [0.15, 0.2) is 57.9 Å². The fourth-order valence-electron chi connectivity index (χ4n) is 4.39. The lowest BCUT2D eigenvalue weighted by Gasteiger charge is -2.22. The number of anilines is 1. The Morgan fingerprint density at radius 1 is 1.16 bits per heavy atom. The van der Waals surface area contributed by atoms with Gasteiger partial charge in [-0.1, -0.05) is 29.8 Å². The van der Waals surface area contributed by atoms with E-state index in [0.29, 0.717) is 25.2 Å². The van der Waals surface area contributed by atoms with E-state index in [1.165, 1.54) is 5.56 Å². The normalized spacial score (nSPS) is 16.2. The van der Waals surface area contributed by atoms with Gasteiger partial charge in [0.2, 0.25) is 17.8 Å². The van der Waals surface area contributed by atoms with Gasteiger partial charge in [0.1, 0.15) is 17.4 Å². The minimum atomic E-state index is -0.689. The molecule has 0 saturated carbocycles. The number of nitriles is 1. The topological polar surface area (TPSA) is 123 Å². The van der Waals surface area contributed by atoms with Crippen molar-refractivity contribution in [2.24, 2.45) is 4.99 Å². The summed E-state index contributed by atoms with van der Waals surface area (Å²) in [7, 11) is 0. The van der Waals surface area contributed by atoms with Gasteiger partial charge in [-0.15, -0.1) is 0 Å². The van der Waals surface area contributed by atoms with E-state index in [2.05, 4.69) is 45.2 Å². The summed E-state index contributed by atoms with van der Waals surface area (Å²) in [6.07, 6.45) is 4.74. The number of guanidine groups is 1. The molecule has 2 aromatic carbocycles. The Bertz CT molecular complexity index is 1320. The van der Waals surface area contributed by atoms with Crippen LogP contribution in [0.1, 0.15) is 36.1 Å². The van der Waals surface area contributed by atoms with E-state index >= 15 is 0 Å². The number of carbonyl (C=O) groups is 2.